The number of aryl methyl sites for hydroxylation is 1. The number of nitro groups is 1. The third-order valence-electron chi connectivity index (χ3n) is 4.20. The highest BCUT2D eigenvalue weighted by Gasteiger charge is 2.22. The molecule has 1 aliphatic heterocycles. The molecule has 150 valence electrons. The number of esters is 1. The van der Waals surface area contributed by atoms with E-state index in [4.69, 9.17) is 14.2 Å². The summed E-state index contributed by atoms with van der Waals surface area (Å²) in [5, 5.41) is 13.9. The van der Waals surface area contributed by atoms with E-state index >= 15 is 0 Å². The molecule has 2 aromatic rings. The standard InChI is InChI=1S/C20H18N2O7/c1-13-4-2-3-5-15(13)10-21-19(23)11-27-20(24)7-6-14-8-17-18(29-12-28-17)9-16(14)22(25)26/h2-9H,10-12H2,1H3,(H,21,23)/b7-6+. The number of rotatable bonds is 7. The van der Waals surface area contributed by atoms with Gasteiger partial charge >= 0.3 is 5.97 Å². The van der Waals surface area contributed by atoms with Crippen molar-refractivity contribution in [2.45, 2.75) is 13.5 Å². The van der Waals surface area contributed by atoms with Gasteiger partial charge in [-0.1, -0.05) is 24.3 Å². The number of hydrogen-bond acceptors (Lipinski definition) is 7. The van der Waals surface area contributed by atoms with Crippen LogP contribution in [-0.4, -0.2) is 30.2 Å². The summed E-state index contributed by atoms with van der Waals surface area (Å²) in [7, 11) is 0. The average molecular weight is 398 g/mol. The van der Waals surface area contributed by atoms with E-state index in [0.29, 0.717) is 12.3 Å². The Balaban J connectivity index is 1.54. The summed E-state index contributed by atoms with van der Waals surface area (Å²) in [4.78, 5) is 34.3. The molecule has 29 heavy (non-hydrogen) atoms. The van der Waals surface area contributed by atoms with E-state index < -0.39 is 23.4 Å². The van der Waals surface area contributed by atoms with E-state index in [1.807, 2.05) is 31.2 Å². The summed E-state index contributed by atoms with van der Waals surface area (Å²) in [5.41, 5.74) is 1.91. The smallest absolute Gasteiger partial charge is 0.331 e. The van der Waals surface area contributed by atoms with E-state index in [1.165, 1.54) is 18.2 Å². The number of ether oxygens (including phenoxy) is 3. The van der Waals surface area contributed by atoms with E-state index in [9.17, 15) is 19.7 Å². The van der Waals surface area contributed by atoms with E-state index in [2.05, 4.69) is 5.32 Å². The average Bonchev–Trinajstić information content (AvgIpc) is 3.16. The number of nitrogens with zero attached hydrogens (tertiary/aromatic N) is 1. The predicted molar refractivity (Wildman–Crippen MR) is 102 cm³/mol. The van der Waals surface area contributed by atoms with E-state index in [1.54, 1.807) is 0 Å². The lowest BCUT2D eigenvalue weighted by Gasteiger charge is -2.07. The molecule has 0 aliphatic carbocycles. The maximum atomic E-state index is 11.8. The van der Waals surface area contributed by atoms with Gasteiger partial charge < -0.3 is 19.5 Å². The molecule has 0 atom stereocenters. The molecule has 0 aromatic heterocycles. The molecule has 1 N–H and O–H groups in total. The summed E-state index contributed by atoms with van der Waals surface area (Å²) in [6.07, 6.45) is 2.24. The zero-order valence-corrected chi connectivity index (χ0v) is 15.5. The fraction of sp³-hybridized carbons (Fsp3) is 0.200. The zero-order chi connectivity index (χ0) is 20.8. The molecule has 9 nitrogen and oxygen atoms in total. The van der Waals surface area contributed by atoms with Crippen LogP contribution in [0.3, 0.4) is 0 Å². The monoisotopic (exact) mass is 398 g/mol. The van der Waals surface area contributed by atoms with Crippen molar-refractivity contribution in [2.75, 3.05) is 13.4 Å². The van der Waals surface area contributed by atoms with Crippen molar-refractivity contribution in [3.8, 4) is 11.5 Å². The lowest BCUT2D eigenvalue weighted by atomic mass is 10.1. The second-order valence-corrected chi connectivity index (χ2v) is 6.17. The van der Waals surface area contributed by atoms with Gasteiger partial charge in [-0.3, -0.25) is 14.9 Å². The van der Waals surface area contributed by atoms with Crippen molar-refractivity contribution < 1.29 is 28.7 Å². The van der Waals surface area contributed by atoms with Gasteiger partial charge in [0.25, 0.3) is 11.6 Å². The van der Waals surface area contributed by atoms with Gasteiger partial charge in [-0.15, -0.1) is 0 Å². The first-order valence-electron chi connectivity index (χ1n) is 8.68. The molecule has 0 saturated heterocycles. The third-order valence-corrected chi connectivity index (χ3v) is 4.20. The first-order chi connectivity index (χ1) is 13.9. The molecular weight excluding hydrogens is 380 g/mol. The van der Waals surface area contributed by atoms with Crippen molar-refractivity contribution in [1.82, 2.24) is 5.32 Å². The number of amides is 1. The summed E-state index contributed by atoms with van der Waals surface area (Å²) in [6, 6.07) is 10.2. The van der Waals surface area contributed by atoms with Gasteiger partial charge in [0.2, 0.25) is 6.79 Å². The summed E-state index contributed by atoms with van der Waals surface area (Å²) in [5.74, 6) is -0.645. The molecule has 1 amide bonds. The van der Waals surface area contributed by atoms with Crippen LogP contribution in [0.1, 0.15) is 16.7 Å². The number of hydrogen-bond donors (Lipinski definition) is 1. The van der Waals surface area contributed by atoms with Crippen LogP contribution in [0.4, 0.5) is 5.69 Å². The second kappa shape index (κ2) is 8.87. The molecule has 0 saturated carbocycles. The van der Waals surface area contributed by atoms with Gasteiger partial charge in [-0.25, -0.2) is 4.79 Å². The van der Waals surface area contributed by atoms with Gasteiger partial charge in [0.15, 0.2) is 18.1 Å². The Morgan fingerprint density at radius 2 is 1.97 bits per heavy atom. The Hall–Kier alpha value is -3.88. The van der Waals surface area contributed by atoms with Crippen LogP contribution in [0, 0.1) is 17.0 Å². The largest absolute Gasteiger partial charge is 0.454 e. The Bertz CT molecular complexity index is 985. The van der Waals surface area contributed by atoms with Crippen molar-refractivity contribution in [3.63, 3.8) is 0 Å². The normalized spacial score (nSPS) is 12.0. The minimum absolute atomic E-state index is 0.0285. The maximum Gasteiger partial charge on any atom is 0.331 e. The minimum Gasteiger partial charge on any atom is -0.454 e. The number of carbonyl (C=O) groups excluding carboxylic acids is 2. The van der Waals surface area contributed by atoms with Crippen LogP contribution in [0.15, 0.2) is 42.5 Å². The Kier molecular flexibility index (Phi) is 6.08. The van der Waals surface area contributed by atoms with Crippen molar-refractivity contribution >= 4 is 23.6 Å². The van der Waals surface area contributed by atoms with Crippen molar-refractivity contribution in [3.05, 3.63) is 69.3 Å². The van der Waals surface area contributed by atoms with E-state index in [-0.39, 0.29) is 23.8 Å². The maximum absolute atomic E-state index is 11.8. The first kappa shape index (κ1) is 19.9. The van der Waals surface area contributed by atoms with Crippen LogP contribution in [0.5, 0.6) is 11.5 Å². The van der Waals surface area contributed by atoms with Gasteiger partial charge in [0, 0.05) is 12.6 Å². The van der Waals surface area contributed by atoms with Crippen molar-refractivity contribution in [1.29, 1.82) is 0 Å². The Morgan fingerprint density at radius 1 is 1.24 bits per heavy atom. The zero-order valence-electron chi connectivity index (χ0n) is 15.5. The highest BCUT2D eigenvalue weighted by atomic mass is 16.7. The quantitative estimate of drug-likeness (QED) is 0.330. The van der Waals surface area contributed by atoms with Gasteiger partial charge in [-0.05, 0) is 30.2 Å². The first-order valence-corrected chi connectivity index (χ1v) is 8.68. The molecule has 0 fully saturated rings. The topological polar surface area (TPSA) is 117 Å². The lowest BCUT2D eigenvalue weighted by Crippen LogP contribution is -2.28. The van der Waals surface area contributed by atoms with Crippen LogP contribution in [-0.2, 0) is 20.9 Å². The molecule has 0 unspecified atom stereocenters. The molecule has 1 heterocycles. The van der Waals surface area contributed by atoms with Crippen LogP contribution in [0.25, 0.3) is 6.08 Å². The number of fused-ring (bicyclic) bond motifs is 1. The second-order valence-electron chi connectivity index (χ2n) is 6.17. The minimum atomic E-state index is -0.803. The van der Waals surface area contributed by atoms with Gasteiger partial charge in [0.1, 0.15) is 0 Å². The van der Waals surface area contributed by atoms with Gasteiger partial charge in [-0.2, -0.15) is 0 Å². The molecular formula is C20H18N2O7. The number of nitrogens with one attached hydrogen (secondary N) is 1. The predicted octanol–water partition coefficient (Wildman–Crippen LogP) is 2.50. The summed E-state index contributed by atoms with van der Waals surface area (Å²) < 4.78 is 15.2. The molecule has 0 bridgehead atoms. The van der Waals surface area contributed by atoms with Gasteiger partial charge in [0.05, 0.1) is 16.6 Å². The molecule has 1 aliphatic rings. The molecule has 0 spiro atoms. The molecule has 2 aromatic carbocycles. The van der Waals surface area contributed by atoms with Crippen LogP contribution in [0.2, 0.25) is 0 Å². The third kappa shape index (κ3) is 5.10. The Morgan fingerprint density at radius 3 is 2.69 bits per heavy atom. The molecule has 9 heteroatoms. The van der Waals surface area contributed by atoms with Crippen LogP contribution >= 0.6 is 0 Å². The summed E-state index contributed by atoms with van der Waals surface area (Å²) in [6.45, 7) is 1.77. The SMILES string of the molecule is Cc1ccccc1CNC(=O)COC(=O)/C=C/c1cc2c(cc1[N+](=O)[O-])OCO2. The van der Waals surface area contributed by atoms with Crippen LogP contribution < -0.4 is 14.8 Å². The van der Waals surface area contributed by atoms with Crippen molar-refractivity contribution in [2.24, 2.45) is 0 Å². The van der Waals surface area contributed by atoms with E-state index in [0.717, 1.165) is 17.2 Å². The fourth-order valence-electron chi connectivity index (χ4n) is 2.63. The highest BCUT2D eigenvalue weighted by molar-refractivity contribution is 5.90. The molecule has 0 radical (unpaired) electrons. The number of carbonyl (C=O) groups is 2. The number of nitro benzene ring substituents is 1. The highest BCUT2D eigenvalue weighted by Crippen LogP contribution is 2.38. The fourth-order valence-corrected chi connectivity index (χ4v) is 2.63. The Labute approximate surface area is 166 Å². The molecule has 3 rings (SSSR count). The number of benzene rings is 2. The lowest BCUT2D eigenvalue weighted by molar-refractivity contribution is -0.385. The summed E-state index contributed by atoms with van der Waals surface area (Å²) >= 11 is 0.